The molecule has 1 N–H and O–H groups in total. The lowest BCUT2D eigenvalue weighted by Gasteiger charge is -2.45. The molecule has 220 valence electrons. The van der Waals surface area contributed by atoms with Gasteiger partial charge in [-0.25, -0.2) is 4.79 Å². The second kappa shape index (κ2) is 8.89. The van der Waals surface area contributed by atoms with Gasteiger partial charge in [-0.15, -0.1) is 0 Å². The number of hydrogen-bond donors (Lipinski definition) is 1. The van der Waals surface area contributed by atoms with Crippen LogP contribution in [0, 0.1) is 0 Å². The molecule has 0 saturated heterocycles. The molecule has 7 nitrogen and oxygen atoms in total. The summed E-state index contributed by atoms with van der Waals surface area (Å²) in [6, 6.07) is 35.4. The Labute approximate surface area is 259 Å². The van der Waals surface area contributed by atoms with Crippen LogP contribution >= 0.6 is 0 Å². The van der Waals surface area contributed by atoms with Crippen LogP contribution in [-0.2, 0) is 28.7 Å². The van der Waals surface area contributed by atoms with Gasteiger partial charge in [-0.2, -0.15) is 0 Å². The van der Waals surface area contributed by atoms with Crippen molar-refractivity contribution < 1.29 is 28.5 Å². The molecule has 2 aliphatic carbocycles. The third-order valence-corrected chi connectivity index (χ3v) is 10.1. The Hall–Kier alpha value is -5.27. The number of carbonyl (C=O) groups is 1. The zero-order chi connectivity index (χ0) is 29.8. The Bertz CT molecular complexity index is 2030. The second-order valence-corrected chi connectivity index (χ2v) is 12.3. The lowest BCUT2D eigenvalue weighted by atomic mass is 9.76. The highest BCUT2D eigenvalue weighted by Crippen LogP contribution is 2.56. The summed E-state index contributed by atoms with van der Waals surface area (Å²) in [6.45, 7) is 0.253. The van der Waals surface area contributed by atoms with Crippen LogP contribution < -0.4 is 24.3 Å². The minimum atomic E-state index is -1.03. The van der Waals surface area contributed by atoms with Crippen molar-refractivity contribution in [2.45, 2.75) is 30.0 Å². The van der Waals surface area contributed by atoms with E-state index < -0.39 is 17.1 Å². The third kappa shape index (κ3) is 3.25. The molecule has 3 aliphatic heterocycles. The molecule has 10 rings (SSSR count). The van der Waals surface area contributed by atoms with Crippen molar-refractivity contribution in [3.63, 3.8) is 0 Å². The molecule has 1 spiro atoms. The van der Waals surface area contributed by atoms with Gasteiger partial charge in [-0.1, -0.05) is 84.9 Å². The molecule has 0 radical (unpaired) electrons. The SMILES string of the molecule is O=C1O[C@@]2(Cc3ccc4c(c31)OCO4)c1cc3c(cc1C[C@H]2NC1(c2ccccc2)c2ccccc2-c2ccccc21)OCO3. The normalized spacial score (nSPS) is 22.0. The van der Waals surface area contributed by atoms with Crippen molar-refractivity contribution in [2.75, 3.05) is 13.6 Å². The van der Waals surface area contributed by atoms with E-state index >= 15 is 0 Å². The van der Waals surface area contributed by atoms with Crippen LogP contribution in [0.1, 0.15) is 43.7 Å². The molecule has 45 heavy (non-hydrogen) atoms. The van der Waals surface area contributed by atoms with E-state index in [1.807, 2.05) is 24.3 Å². The first-order chi connectivity index (χ1) is 22.2. The maximum absolute atomic E-state index is 14.1. The number of ether oxygens (including phenoxy) is 5. The fourth-order valence-corrected chi connectivity index (χ4v) is 8.29. The molecule has 5 aromatic rings. The first-order valence-corrected chi connectivity index (χ1v) is 15.3. The van der Waals surface area contributed by atoms with Crippen molar-refractivity contribution in [2.24, 2.45) is 0 Å². The van der Waals surface area contributed by atoms with E-state index in [9.17, 15) is 4.79 Å². The smallest absolute Gasteiger partial charge is 0.343 e. The number of carbonyl (C=O) groups excluding carboxylic acids is 1. The summed E-state index contributed by atoms with van der Waals surface area (Å²) in [6.07, 6.45) is 1.08. The van der Waals surface area contributed by atoms with E-state index in [1.165, 1.54) is 22.3 Å². The number of nitrogens with one attached hydrogen (secondary N) is 1. The Morgan fingerprint density at radius 1 is 0.644 bits per heavy atom. The van der Waals surface area contributed by atoms with Gasteiger partial charge in [0.15, 0.2) is 28.6 Å². The molecular weight excluding hydrogens is 566 g/mol. The van der Waals surface area contributed by atoms with Crippen molar-refractivity contribution in [1.82, 2.24) is 5.32 Å². The lowest BCUT2D eigenvalue weighted by Crippen LogP contribution is -2.58. The first-order valence-electron chi connectivity index (χ1n) is 15.3. The van der Waals surface area contributed by atoms with Crippen LogP contribution in [0.25, 0.3) is 11.1 Å². The fourth-order valence-electron chi connectivity index (χ4n) is 8.29. The number of fused-ring (bicyclic) bond motifs is 9. The van der Waals surface area contributed by atoms with E-state index in [-0.39, 0.29) is 19.6 Å². The average molecular weight is 594 g/mol. The van der Waals surface area contributed by atoms with Crippen LogP contribution in [0.5, 0.6) is 23.0 Å². The zero-order valence-corrected chi connectivity index (χ0v) is 24.2. The Kier molecular flexibility index (Phi) is 4.96. The van der Waals surface area contributed by atoms with Gasteiger partial charge in [0.05, 0.1) is 11.6 Å². The Morgan fingerprint density at radius 3 is 2.09 bits per heavy atom. The van der Waals surface area contributed by atoms with Crippen molar-refractivity contribution >= 4 is 5.97 Å². The molecule has 2 atom stereocenters. The molecule has 7 heteroatoms. The molecule has 0 bridgehead atoms. The zero-order valence-electron chi connectivity index (χ0n) is 24.2. The van der Waals surface area contributed by atoms with Gasteiger partial charge in [0, 0.05) is 12.0 Å². The third-order valence-electron chi connectivity index (χ3n) is 10.1. The Balaban J connectivity index is 1.20. The van der Waals surface area contributed by atoms with Gasteiger partial charge in [0.25, 0.3) is 0 Å². The van der Waals surface area contributed by atoms with E-state index in [2.05, 4.69) is 84.2 Å². The van der Waals surface area contributed by atoms with Gasteiger partial charge < -0.3 is 23.7 Å². The summed E-state index contributed by atoms with van der Waals surface area (Å²) in [5.74, 6) is 1.98. The maximum atomic E-state index is 14.1. The van der Waals surface area contributed by atoms with Crippen LogP contribution in [-0.4, -0.2) is 25.6 Å². The second-order valence-electron chi connectivity index (χ2n) is 12.3. The van der Waals surface area contributed by atoms with Gasteiger partial charge in [-0.3, -0.25) is 5.32 Å². The molecule has 0 aromatic heterocycles. The standard InChI is InChI=1S/C38H27NO6/c40-36-34-22(14-15-30-35(34)44-21-41-30)19-37(45-36)29-18-32-31(42-20-43-32)16-23(29)17-33(37)39-38(24-8-2-1-3-9-24)27-12-6-4-10-25(27)26-11-5-7-13-28(26)38/h1-16,18,33,39H,17,19-21H2/t33-,37+/m1/s1. The summed E-state index contributed by atoms with van der Waals surface area (Å²) >= 11 is 0. The van der Waals surface area contributed by atoms with Crippen molar-refractivity contribution in [3.8, 4) is 34.1 Å². The highest BCUT2D eigenvalue weighted by Gasteiger charge is 2.58. The molecule has 0 saturated carbocycles. The number of esters is 1. The largest absolute Gasteiger partial charge is 0.454 e. The summed E-state index contributed by atoms with van der Waals surface area (Å²) in [5.41, 5.74) is 7.42. The summed E-state index contributed by atoms with van der Waals surface area (Å²) in [4.78, 5) is 14.1. The lowest BCUT2D eigenvalue weighted by molar-refractivity contribution is -0.0462. The molecular formula is C38H27NO6. The van der Waals surface area contributed by atoms with Crippen molar-refractivity contribution in [1.29, 1.82) is 0 Å². The van der Waals surface area contributed by atoms with E-state index in [0.717, 1.165) is 22.3 Å². The minimum Gasteiger partial charge on any atom is -0.454 e. The summed E-state index contributed by atoms with van der Waals surface area (Å²) in [7, 11) is 0. The van der Waals surface area contributed by atoms with Crippen LogP contribution in [0.15, 0.2) is 103 Å². The average Bonchev–Trinajstić information content (AvgIpc) is 3.85. The number of benzene rings is 5. The molecule has 5 aromatic carbocycles. The Morgan fingerprint density at radius 2 is 1.31 bits per heavy atom. The maximum Gasteiger partial charge on any atom is 0.343 e. The van der Waals surface area contributed by atoms with Gasteiger partial charge in [0.1, 0.15) is 5.56 Å². The monoisotopic (exact) mass is 593 g/mol. The predicted molar refractivity (Wildman–Crippen MR) is 165 cm³/mol. The molecule has 0 fully saturated rings. The number of hydrogen-bond acceptors (Lipinski definition) is 7. The van der Waals surface area contributed by atoms with Gasteiger partial charge in [0.2, 0.25) is 13.6 Å². The van der Waals surface area contributed by atoms with Gasteiger partial charge in [-0.05, 0) is 63.6 Å². The summed E-state index contributed by atoms with van der Waals surface area (Å²) < 4.78 is 29.7. The van der Waals surface area contributed by atoms with Crippen LogP contribution in [0.3, 0.4) is 0 Å². The number of rotatable bonds is 3. The van der Waals surface area contributed by atoms with E-state index in [4.69, 9.17) is 23.7 Å². The van der Waals surface area contributed by atoms with Crippen LogP contribution in [0.2, 0.25) is 0 Å². The quantitative estimate of drug-likeness (QED) is 0.248. The highest BCUT2D eigenvalue weighted by molar-refractivity contribution is 5.97. The fraction of sp³-hybridized carbons (Fsp3) is 0.184. The minimum absolute atomic E-state index is 0.0825. The van der Waals surface area contributed by atoms with Crippen molar-refractivity contribution in [3.05, 3.63) is 142 Å². The topological polar surface area (TPSA) is 75.3 Å². The highest BCUT2D eigenvalue weighted by atomic mass is 16.7. The van der Waals surface area contributed by atoms with Crippen LogP contribution in [0.4, 0.5) is 0 Å². The summed E-state index contributed by atoms with van der Waals surface area (Å²) in [5, 5.41) is 4.19. The first kappa shape index (κ1) is 25.1. The molecule has 0 amide bonds. The van der Waals surface area contributed by atoms with E-state index in [1.54, 1.807) is 0 Å². The molecule has 5 aliphatic rings. The van der Waals surface area contributed by atoms with E-state index in [0.29, 0.717) is 41.4 Å². The molecule has 3 heterocycles. The van der Waals surface area contributed by atoms with Gasteiger partial charge >= 0.3 is 5.97 Å². The predicted octanol–water partition coefficient (Wildman–Crippen LogP) is 6.24. The molecule has 0 unspecified atom stereocenters.